The minimum Gasteiger partial charge on any atom is -0.393 e. The summed E-state index contributed by atoms with van der Waals surface area (Å²) in [7, 11) is 0. The molecule has 0 bridgehead atoms. The highest BCUT2D eigenvalue weighted by atomic mass is 16.3. The van der Waals surface area contributed by atoms with Crippen molar-refractivity contribution in [1.82, 2.24) is 0 Å². The van der Waals surface area contributed by atoms with Crippen LogP contribution in [0.15, 0.2) is 12.2 Å². The van der Waals surface area contributed by atoms with Gasteiger partial charge in [-0.15, -0.1) is 0 Å². The van der Waals surface area contributed by atoms with Crippen LogP contribution in [0.4, 0.5) is 0 Å². The summed E-state index contributed by atoms with van der Waals surface area (Å²) in [5.41, 5.74) is 0.0290. The predicted octanol–water partition coefficient (Wildman–Crippen LogP) is 2.75. The van der Waals surface area contributed by atoms with Crippen LogP contribution in [0.1, 0.15) is 40.5 Å². The quantitative estimate of drug-likeness (QED) is 0.620. The van der Waals surface area contributed by atoms with E-state index in [0.717, 1.165) is 12.8 Å². The summed E-state index contributed by atoms with van der Waals surface area (Å²) in [5, 5.41) is 9.58. The molecule has 0 spiro atoms. The number of aliphatic hydroxyl groups is 1. The molecule has 0 rings (SSSR count). The van der Waals surface area contributed by atoms with Gasteiger partial charge in [-0.05, 0) is 25.2 Å². The highest BCUT2D eigenvalue weighted by molar-refractivity contribution is 4.88. The lowest BCUT2D eigenvalue weighted by atomic mass is 9.82. The van der Waals surface area contributed by atoms with Gasteiger partial charge < -0.3 is 5.11 Å². The Bertz CT molecular complexity index is 125. The molecule has 0 heterocycles. The van der Waals surface area contributed by atoms with Crippen molar-refractivity contribution in [3.8, 4) is 0 Å². The minimum atomic E-state index is -0.182. The first kappa shape index (κ1) is 10.7. The van der Waals surface area contributed by atoms with Crippen molar-refractivity contribution in [2.75, 3.05) is 0 Å². The number of aliphatic hydroxyl groups excluding tert-OH is 1. The molecule has 0 saturated carbocycles. The monoisotopic (exact) mass is 156 g/mol. The average Bonchev–Trinajstić information content (AvgIpc) is 1.99. The smallest absolute Gasteiger partial charge is 0.0591 e. The Hall–Kier alpha value is -0.300. The minimum absolute atomic E-state index is 0.0290. The lowest BCUT2D eigenvalue weighted by Crippen LogP contribution is -2.27. The molecule has 1 N–H and O–H groups in total. The summed E-state index contributed by atoms with van der Waals surface area (Å²) >= 11 is 0. The van der Waals surface area contributed by atoms with Gasteiger partial charge in [-0.3, -0.25) is 0 Å². The van der Waals surface area contributed by atoms with Gasteiger partial charge in [0.05, 0.1) is 6.10 Å². The molecule has 11 heavy (non-hydrogen) atoms. The molecule has 1 heteroatoms. The van der Waals surface area contributed by atoms with E-state index in [1.165, 1.54) is 0 Å². The summed E-state index contributed by atoms with van der Waals surface area (Å²) in [6.45, 7) is 8.22. The standard InChI is InChI=1S/C10H20O/c1-5-7-8-10(3,4)9(11)6-2/h5,7,9,11H,6,8H2,1-4H3/b7-5+. The van der Waals surface area contributed by atoms with Crippen molar-refractivity contribution in [3.05, 3.63) is 12.2 Å². The molecule has 0 fully saturated rings. The zero-order valence-corrected chi connectivity index (χ0v) is 8.09. The van der Waals surface area contributed by atoms with Crippen molar-refractivity contribution in [1.29, 1.82) is 0 Å². The van der Waals surface area contributed by atoms with Gasteiger partial charge in [-0.2, -0.15) is 0 Å². The predicted molar refractivity (Wildman–Crippen MR) is 49.5 cm³/mol. The van der Waals surface area contributed by atoms with Crippen LogP contribution in [0.5, 0.6) is 0 Å². The third-order valence-corrected chi connectivity index (χ3v) is 2.17. The highest BCUT2D eigenvalue weighted by Gasteiger charge is 2.24. The Morgan fingerprint density at radius 3 is 2.36 bits per heavy atom. The Kier molecular flexibility index (Phi) is 4.43. The highest BCUT2D eigenvalue weighted by Crippen LogP contribution is 2.27. The first-order valence-electron chi connectivity index (χ1n) is 4.33. The van der Waals surface area contributed by atoms with E-state index >= 15 is 0 Å². The second-order valence-corrected chi connectivity index (χ2v) is 3.69. The van der Waals surface area contributed by atoms with Crippen molar-refractivity contribution in [2.24, 2.45) is 5.41 Å². The Labute approximate surface area is 70.1 Å². The molecule has 0 amide bonds. The molecule has 1 nitrogen and oxygen atoms in total. The lowest BCUT2D eigenvalue weighted by Gasteiger charge is -2.28. The van der Waals surface area contributed by atoms with Crippen LogP contribution in [0.2, 0.25) is 0 Å². The SMILES string of the molecule is C/C=C/CC(C)(C)C(O)CC. The zero-order valence-electron chi connectivity index (χ0n) is 8.09. The van der Waals surface area contributed by atoms with Gasteiger partial charge in [0.2, 0.25) is 0 Å². The topological polar surface area (TPSA) is 20.2 Å². The van der Waals surface area contributed by atoms with Gasteiger partial charge in [0.25, 0.3) is 0 Å². The molecule has 66 valence electrons. The van der Waals surface area contributed by atoms with Crippen LogP contribution >= 0.6 is 0 Å². The maximum Gasteiger partial charge on any atom is 0.0591 e. The largest absolute Gasteiger partial charge is 0.393 e. The maximum absolute atomic E-state index is 9.58. The maximum atomic E-state index is 9.58. The Balaban J connectivity index is 3.97. The fourth-order valence-electron chi connectivity index (χ4n) is 1.11. The fraction of sp³-hybridized carbons (Fsp3) is 0.800. The molecule has 0 saturated heterocycles. The molecular weight excluding hydrogens is 136 g/mol. The van der Waals surface area contributed by atoms with Crippen molar-refractivity contribution in [2.45, 2.75) is 46.6 Å². The van der Waals surface area contributed by atoms with Gasteiger partial charge in [-0.25, -0.2) is 0 Å². The van der Waals surface area contributed by atoms with Crippen molar-refractivity contribution < 1.29 is 5.11 Å². The second kappa shape index (κ2) is 4.55. The van der Waals surface area contributed by atoms with Crippen LogP contribution in [0, 0.1) is 5.41 Å². The number of hydrogen-bond donors (Lipinski definition) is 1. The Morgan fingerprint density at radius 2 is 2.00 bits per heavy atom. The number of allylic oxidation sites excluding steroid dienone is 2. The molecule has 0 aromatic heterocycles. The molecule has 0 aromatic carbocycles. The summed E-state index contributed by atoms with van der Waals surface area (Å²) in [6.07, 6.45) is 5.75. The lowest BCUT2D eigenvalue weighted by molar-refractivity contribution is 0.0492. The Morgan fingerprint density at radius 1 is 1.45 bits per heavy atom. The average molecular weight is 156 g/mol. The van der Waals surface area contributed by atoms with Gasteiger partial charge >= 0.3 is 0 Å². The normalized spacial score (nSPS) is 15.7. The van der Waals surface area contributed by atoms with E-state index in [2.05, 4.69) is 19.9 Å². The van der Waals surface area contributed by atoms with Crippen LogP contribution in [0.3, 0.4) is 0 Å². The van der Waals surface area contributed by atoms with Crippen LogP contribution in [-0.4, -0.2) is 11.2 Å². The molecule has 1 atom stereocenters. The summed E-state index contributed by atoms with van der Waals surface area (Å²) < 4.78 is 0. The van der Waals surface area contributed by atoms with E-state index in [0.29, 0.717) is 0 Å². The van der Waals surface area contributed by atoms with Gasteiger partial charge in [0, 0.05) is 0 Å². The first-order valence-corrected chi connectivity index (χ1v) is 4.33. The first-order chi connectivity index (χ1) is 5.04. The molecule has 0 aromatic rings. The molecule has 1 unspecified atom stereocenters. The summed E-state index contributed by atoms with van der Waals surface area (Å²) in [6, 6.07) is 0. The molecule has 0 aliphatic heterocycles. The van der Waals surface area contributed by atoms with E-state index < -0.39 is 0 Å². The number of hydrogen-bond acceptors (Lipinski definition) is 1. The van der Waals surface area contributed by atoms with Crippen molar-refractivity contribution >= 4 is 0 Å². The zero-order chi connectivity index (χ0) is 8.91. The van der Waals surface area contributed by atoms with E-state index in [1.54, 1.807) is 0 Å². The van der Waals surface area contributed by atoms with Crippen LogP contribution < -0.4 is 0 Å². The van der Waals surface area contributed by atoms with Gasteiger partial charge in [0.1, 0.15) is 0 Å². The summed E-state index contributed by atoms with van der Waals surface area (Å²) in [5.74, 6) is 0. The molecule has 0 aliphatic carbocycles. The van der Waals surface area contributed by atoms with Gasteiger partial charge in [0.15, 0.2) is 0 Å². The van der Waals surface area contributed by atoms with Gasteiger partial charge in [-0.1, -0.05) is 32.9 Å². The third-order valence-electron chi connectivity index (χ3n) is 2.17. The van der Waals surface area contributed by atoms with E-state index in [-0.39, 0.29) is 11.5 Å². The number of rotatable bonds is 4. The van der Waals surface area contributed by atoms with E-state index in [1.807, 2.05) is 19.9 Å². The van der Waals surface area contributed by atoms with E-state index in [4.69, 9.17) is 0 Å². The second-order valence-electron chi connectivity index (χ2n) is 3.69. The summed E-state index contributed by atoms with van der Waals surface area (Å²) in [4.78, 5) is 0. The molecule has 0 aliphatic rings. The molecule has 0 radical (unpaired) electrons. The third kappa shape index (κ3) is 3.57. The van der Waals surface area contributed by atoms with E-state index in [9.17, 15) is 5.11 Å². The fourth-order valence-corrected chi connectivity index (χ4v) is 1.11. The van der Waals surface area contributed by atoms with Crippen LogP contribution in [0.25, 0.3) is 0 Å². The molecular formula is C10H20O. The van der Waals surface area contributed by atoms with Crippen molar-refractivity contribution in [3.63, 3.8) is 0 Å². The van der Waals surface area contributed by atoms with Crippen LogP contribution in [-0.2, 0) is 0 Å².